The number of anilines is 2. The van der Waals surface area contributed by atoms with Crippen molar-refractivity contribution >= 4 is 33.2 Å². The summed E-state index contributed by atoms with van der Waals surface area (Å²) < 4.78 is 8.59. The van der Waals surface area contributed by atoms with Crippen LogP contribution in [0.4, 0.5) is 11.4 Å². The Kier molecular flexibility index (Phi) is 8.33. The zero-order chi connectivity index (χ0) is 31.5. The number of rotatable bonds is 5. The predicted octanol–water partition coefficient (Wildman–Crippen LogP) is 10.0. The van der Waals surface area contributed by atoms with Crippen LogP contribution in [0.2, 0.25) is 0 Å². The third-order valence-corrected chi connectivity index (χ3v) is 9.02. The van der Waals surface area contributed by atoms with Crippen molar-refractivity contribution in [2.75, 3.05) is 9.80 Å². The van der Waals surface area contributed by atoms with E-state index in [1.54, 1.807) is 0 Å². The molecule has 6 heteroatoms. The summed E-state index contributed by atoms with van der Waals surface area (Å²) in [6, 6.07) is 32.0. The normalized spacial score (nSPS) is 13.1. The van der Waals surface area contributed by atoms with Crippen molar-refractivity contribution in [3.8, 4) is 17.3 Å². The Bertz CT molecular complexity index is 2120. The monoisotopic (exact) mass is 784 g/mol. The van der Waals surface area contributed by atoms with E-state index in [9.17, 15) is 0 Å². The third kappa shape index (κ3) is 5.62. The second-order valence-electron chi connectivity index (χ2n) is 12.9. The minimum atomic E-state index is 0. The minimum Gasteiger partial charge on any atom is -0.509 e. The van der Waals surface area contributed by atoms with Crippen LogP contribution in [-0.2, 0) is 26.5 Å². The summed E-state index contributed by atoms with van der Waals surface area (Å²) >= 11 is 0. The van der Waals surface area contributed by atoms with Gasteiger partial charge in [-0.25, -0.2) is 4.98 Å². The van der Waals surface area contributed by atoms with Gasteiger partial charge in [0.1, 0.15) is 5.82 Å². The number of ether oxygens (including phenoxy) is 1. The molecule has 46 heavy (non-hydrogen) atoms. The van der Waals surface area contributed by atoms with Crippen LogP contribution in [0.3, 0.4) is 0 Å². The average molecular weight is 785 g/mol. The molecule has 0 fully saturated rings. The topological polar surface area (TPSA) is 33.5 Å². The van der Waals surface area contributed by atoms with Crippen LogP contribution in [0.1, 0.15) is 48.6 Å². The molecule has 5 nitrogen and oxygen atoms in total. The van der Waals surface area contributed by atoms with E-state index in [2.05, 4.69) is 143 Å². The Hall–Kier alpha value is -4.34. The van der Waals surface area contributed by atoms with Crippen LogP contribution in [-0.4, -0.2) is 9.55 Å². The third-order valence-electron chi connectivity index (χ3n) is 9.02. The maximum atomic E-state index is 6.40. The molecule has 7 rings (SSSR count). The molecule has 6 aromatic rings. The zero-order valence-electron chi connectivity index (χ0n) is 27.3. The summed E-state index contributed by atoms with van der Waals surface area (Å²) in [5, 5.41) is 2.26. The first-order valence-electron chi connectivity index (χ1n) is 15.4. The fraction of sp³-hybridized carbons (Fsp3) is 0.200. The van der Waals surface area contributed by atoms with Gasteiger partial charge in [0.05, 0.1) is 0 Å². The predicted molar refractivity (Wildman–Crippen MR) is 185 cm³/mol. The molecule has 0 unspecified atom stereocenters. The molecule has 2 aromatic heterocycles. The van der Waals surface area contributed by atoms with Gasteiger partial charge in [-0.2, -0.15) is 12.1 Å². The quantitative estimate of drug-likeness (QED) is 0.163. The second-order valence-corrected chi connectivity index (χ2v) is 12.9. The average Bonchev–Trinajstić information content (AvgIpc) is 3.65. The maximum absolute atomic E-state index is 6.40. The minimum absolute atomic E-state index is 0. The van der Waals surface area contributed by atoms with Crippen LogP contribution in [0.5, 0.6) is 11.5 Å². The molecule has 3 heterocycles. The van der Waals surface area contributed by atoms with Gasteiger partial charge in [0, 0.05) is 50.0 Å². The molecule has 236 valence electrons. The number of hydrogen-bond acceptors (Lipinski definition) is 4. The zero-order valence-corrected chi connectivity index (χ0v) is 29.5. The van der Waals surface area contributed by atoms with Gasteiger partial charge in [-0.15, -0.1) is 48.1 Å². The van der Waals surface area contributed by atoms with E-state index in [1.165, 1.54) is 33.5 Å². The molecule has 0 atom stereocenters. The van der Waals surface area contributed by atoms with Gasteiger partial charge >= 0.3 is 0 Å². The van der Waals surface area contributed by atoms with Crippen molar-refractivity contribution in [2.45, 2.75) is 53.9 Å². The summed E-state index contributed by atoms with van der Waals surface area (Å²) in [5.41, 5.74) is 10.6. The first kappa shape index (κ1) is 31.6. The standard InChI is InChI=1S/C40H37N4O.Pt/c1-26-21-37(29(4)28(3)27(26)2)43-20-19-42(25-43)31-11-10-12-32(23-31)45-33-15-16-35-34-13-8-9-14-36(34)44(38(35)24-33)39-22-30(17-18-41-39)40(5,6)7;/h8-22,25H,1-7H3;/q-3;. The molecule has 0 N–H and O–H groups in total. The number of fused-ring (bicyclic) bond motifs is 3. The Morgan fingerprint density at radius 3 is 2.30 bits per heavy atom. The fourth-order valence-corrected chi connectivity index (χ4v) is 6.04. The van der Waals surface area contributed by atoms with Crippen LogP contribution in [0, 0.1) is 46.5 Å². The largest absolute Gasteiger partial charge is 0.509 e. The Morgan fingerprint density at radius 2 is 1.50 bits per heavy atom. The van der Waals surface area contributed by atoms with Crippen LogP contribution < -0.4 is 14.5 Å². The van der Waals surface area contributed by atoms with Crippen molar-refractivity contribution in [2.24, 2.45) is 0 Å². The molecule has 0 radical (unpaired) electrons. The van der Waals surface area contributed by atoms with Crippen molar-refractivity contribution in [3.63, 3.8) is 0 Å². The van der Waals surface area contributed by atoms with Crippen LogP contribution in [0.25, 0.3) is 27.6 Å². The summed E-state index contributed by atoms with van der Waals surface area (Å²) in [6.45, 7) is 17.5. The van der Waals surface area contributed by atoms with Gasteiger partial charge < -0.3 is 19.1 Å². The summed E-state index contributed by atoms with van der Waals surface area (Å²) in [5.74, 6) is 2.11. The van der Waals surface area contributed by atoms with E-state index in [-0.39, 0.29) is 26.5 Å². The molecule has 4 aromatic carbocycles. The molecule has 0 saturated carbocycles. The molecule has 1 aliphatic rings. The molecule has 0 bridgehead atoms. The van der Waals surface area contributed by atoms with Crippen LogP contribution >= 0.6 is 0 Å². The fourth-order valence-electron chi connectivity index (χ4n) is 6.04. The van der Waals surface area contributed by atoms with E-state index in [1.807, 2.05) is 30.5 Å². The number of hydrogen-bond donors (Lipinski definition) is 0. The molecular weight excluding hydrogens is 748 g/mol. The van der Waals surface area contributed by atoms with E-state index in [0.29, 0.717) is 11.5 Å². The number of nitrogens with zero attached hydrogens (tertiary/aromatic N) is 4. The van der Waals surface area contributed by atoms with Crippen molar-refractivity contribution in [3.05, 3.63) is 138 Å². The van der Waals surface area contributed by atoms with Gasteiger partial charge in [0.2, 0.25) is 0 Å². The van der Waals surface area contributed by atoms with Crippen molar-refractivity contribution in [1.82, 2.24) is 9.55 Å². The van der Waals surface area contributed by atoms with E-state index in [4.69, 9.17) is 9.72 Å². The van der Waals surface area contributed by atoms with Gasteiger partial charge in [0.15, 0.2) is 0 Å². The summed E-state index contributed by atoms with van der Waals surface area (Å²) in [4.78, 5) is 9.02. The number of aryl methyl sites for hydroxylation is 1. The van der Waals surface area contributed by atoms with E-state index in [0.717, 1.165) is 33.3 Å². The number of pyridine rings is 1. The molecule has 0 aliphatic carbocycles. The maximum Gasteiger partial charge on any atom is 0.135 e. The van der Waals surface area contributed by atoms with Gasteiger partial charge in [-0.1, -0.05) is 44.5 Å². The summed E-state index contributed by atoms with van der Waals surface area (Å²) in [7, 11) is 0. The number of aromatic nitrogens is 2. The summed E-state index contributed by atoms with van der Waals surface area (Å²) in [6.07, 6.45) is 6.03. The number of benzene rings is 4. The SMILES string of the molecule is Cc1cc(N2C=CN(c3[c-]c(Oc4[c-]c5c(cc4)c4ccccc4n5-c4cc(C(C)(C)C)ccn4)ccc3)[CH-]2)c(C)c(C)c1C.[Pt]. The van der Waals surface area contributed by atoms with Gasteiger partial charge in [0.25, 0.3) is 0 Å². The van der Waals surface area contributed by atoms with Crippen molar-refractivity contribution < 1.29 is 25.8 Å². The number of para-hydroxylation sites is 1. The Labute approximate surface area is 286 Å². The van der Waals surface area contributed by atoms with E-state index >= 15 is 0 Å². The van der Waals surface area contributed by atoms with Gasteiger partial charge in [-0.3, -0.25) is 0 Å². The molecule has 0 saturated heterocycles. The van der Waals surface area contributed by atoms with Crippen molar-refractivity contribution in [1.29, 1.82) is 0 Å². The first-order valence-corrected chi connectivity index (χ1v) is 15.4. The van der Waals surface area contributed by atoms with E-state index < -0.39 is 0 Å². The van der Waals surface area contributed by atoms with Gasteiger partial charge in [-0.05, 0) is 103 Å². The molecule has 1 aliphatic heterocycles. The molecular formula is C40H37N4OPt-3. The Morgan fingerprint density at radius 1 is 0.739 bits per heavy atom. The smallest absolute Gasteiger partial charge is 0.135 e. The second kappa shape index (κ2) is 12.1. The molecule has 0 spiro atoms. The van der Waals surface area contributed by atoms with Crippen LogP contribution in [0.15, 0.2) is 91.4 Å². The first-order chi connectivity index (χ1) is 21.6. The Balaban J connectivity index is 0.00000372. The molecule has 0 amide bonds.